The summed E-state index contributed by atoms with van der Waals surface area (Å²) in [5, 5.41) is 0. The van der Waals surface area contributed by atoms with Crippen LogP contribution in [0.1, 0.15) is 40.5 Å². The molecule has 41 heavy (non-hydrogen) atoms. The van der Waals surface area contributed by atoms with E-state index in [1.807, 2.05) is 67.7 Å². The van der Waals surface area contributed by atoms with Crippen LogP contribution in [0.25, 0.3) is 0 Å². The van der Waals surface area contributed by atoms with Crippen LogP contribution in [0, 0.1) is 5.82 Å². The molecule has 2 amide bonds. The van der Waals surface area contributed by atoms with Crippen LogP contribution in [0.4, 0.5) is 4.39 Å². The van der Waals surface area contributed by atoms with Gasteiger partial charge >= 0.3 is 0 Å². The maximum atomic E-state index is 13.9. The Balaban J connectivity index is 1.55. The molecule has 214 valence electrons. The fourth-order valence-electron chi connectivity index (χ4n) is 4.56. The molecule has 0 saturated heterocycles. The lowest BCUT2D eigenvalue weighted by Crippen LogP contribution is -2.43. The van der Waals surface area contributed by atoms with Gasteiger partial charge in [0, 0.05) is 54.8 Å². The molecule has 1 aromatic heterocycles. The van der Waals surface area contributed by atoms with Gasteiger partial charge < -0.3 is 19.1 Å². The summed E-state index contributed by atoms with van der Waals surface area (Å²) in [5.41, 5.74) is 3.44. The van der Waals surface area contributed by atoms with Gasteiger partial charge in [-0.2, -0.15) is 0 Å². The summed E-state index contributed by atoms with van der Waals surface area (Å²) >= 11 is 3.42. The highest BCUT2D eigenvalue weighted by molar-refractivity contribution is 9.10. The minimum absolute atomic E-state index is 0.0491. The molecule has 0 saturated carbocycles. The number of benzene rings is 3. The molecule has 6 nitrogen and oxygen atoms in total. The molecule has 0 spiro atoms. The molecule has 4 aromatic rings. The normalized spacial score (nSPS) is 10.9. The molecule has 1 heterocycles. The van der Waals surface area contributed by atoms with Crippen LogP contribution >= 0.6 is 15.9 Å². The first-order valence-corrected chi connectivity index (χ1v) is 14.5. The van der Waals surface area contributed by atoms with E-state index in [2.05, 4.69) is 20.5 Å². The Hall–Kier alpha value is -3.75. The minimum Gasteiger partial charge on any atom is -0.382 e. The third-order valence-corrected chi connectivity index (χ3v) is 7.27. The van der Waals surface area contributed by atoms with Crippen molar-refractivity contribution in [2.45, 2.75) is 33.0 Å². The Bertz CT molecular complexity index is 1390. The van der Waals surface area contributed by atoms with Gasteiger partial charge in [0.05, 0.1) is 6.54 Å². The second kappa shape index (κ2) is 15.3. The van der Waals surface area contributed by atoms with E-state index >= 15 is 0 Å². The monoisotopic (exact) mass is 619 g/mol. The first-order valence-electron chi connectivity index (χ1n) is 13.8. The predicted octanol–water partition coefficient (Wildman–Crippen LogP) is 6.54. The smallest absolute Gasteiger partial charge is 0.254 e. The molecular weight excluding hydrogens is 585 g/mol. The molecule has 3 aromatic carbocycles. The van der Waals surface area contributed by atoms with E-state index in [1.165, 1.54) is 12.1 Å². The molecule has 4 rings (SSSR count). The molecule has 0 aliphatic carbocycles. The lowest BCUT2D eigenvalue weighted by molar-refractivity contribution is -0.133. The van der Waals surface area contributed by atoms with Gasteiger partial charge in [-0.1, -0.05) is 58.4 Å². The third kappa shape index (κ3) is 9.13. The van der Waals surface area contributed by atoms with E-state index in [9.17, 15) is 14.0 Å². The summed E-state index contributed by atoms with van der Waals surface area (Å²) in [6, 6.07) is 27.4. The number of amides is 2. The molecule has 8 heteroatoms. The summed E-state index contributed by atoms with van der Waals surface area (Å²) in [7, 11) is 0. The van der Waals surface area contributed by atoms with Crippen molar-refractivity contribution in [3.05, 3.63) is 130 Å². The van der Waals surface area contributed by atoms with Gasteiger partial charge in [-0.25, -0.2) is 4.39 Å². The zero-order chi connectivity index (χ0) is 29.0. The lowest BCUT2D eigenvalue weighted by atomic mass is 10.1. The zero-order valence-electron chi connectivity index (χ0n) is 23.2. The van der Waals surface area contributed by atoms with Crippen LogP contribution in [0.3, 0.4) is 0 Å². The van der Waals surface area contributed by atoms with Crippen molar-refractivity contribution in [1.29, 1.82) is 0 Å². The topological polar surface area (TPSA) is 54.8 Å². The van der Waals surface area contributed by atoms with Crippen LogP contribution in [-0.4, -0.2) is 52.5 Å². The second-order valence-electron chi connectivity index (χ2n) is 9.77. The fourth-order valence-corrected chi connectivity index (χ4v) is 4.82. The van der Waals surface area contributed by atoms with Crippen LogP contribution in [-0.2, 0) is 29.2 Å². The van der Waals surface area contributed by atoms with Crippen LogP contribution < -0.4 is 0 Å². The van der Waals surface area contributed by atoms with Gasteiger partial charge in [-0.15, -0.1) is 0 Å². The van der Waals surface area contributed by atoms with E-state index in [4.69, 9.17) is 4.74 Å². The molecule has 0 aliphatic heterocycles. The molecule has 0 aliphatic rings. The molecule has 0 atom stereocenters. The number of aromatic nitrogens is 1. The number of rotatable bonds is 14. The Kier molecular flexibility index (Phi) is 11.3. The molecule has 0 fully saturated rings. The van der Waals surface area contributed by atoms with E-state index in [1.54, 1.807) is 34.1 Å². The summed E-state index contributed by atoms with van der Waals surface area (Å²) in [6.45, 7) is 4.72. The fraction of sp³-hybridized carbons (Fsp3) is 0.273. The molecule has 0 N–H and O–H groups in total. The number of nitrogens with zero attached hydrogens (tertiary/aromatic N) is 3. The number of halogens is 2. The van der Waals surface area contributed by atoms with Crippen LogP contribution in [0.15, 0.2) is 102 Å². The number of ether oxygens (including phenoxy) is 1. The van der Waals surface area contributed by atoms with Crippen molar-refractivity contribution >= 4 is 27.7 Å². The van der Waals surface area contributed by atoms with Crippen molar-refractivity contribution in [2.24, 2.45) is 0 Å². The predicted molar refractivity (Wildman–Crippen MR) is 162 cm³/mol. The van der Waals surface area contributed by atoms with Crippen molar-refractivity contribution in [3.8, 4) is 0 Å². The molecular formula is C33H35BrFN3O3. The van der Waals surface area contributed by atoms with E-state index < -0.39 is 0 Å². The maximum absolute atomic E-state index is 13.9. The standard InChI is InChI=1S/C33H35BrFN3O3/c1-2-41-21-7-20-37(33(40)28-13-15-29(34)16-14-28)25-32(39)38(23-26-8-4-3-5-9-26)24-31-10-6-19-36(31)22-27-11-17-30(35)18-12-27/h3-6,8-19H,2,7,20-25H2,1H3. The van der Waals surface area contributed by atoms with Gasteiger partial charge in [0.25, 0.3) is 5.91 Å². The number of carbonyl (C=O) groups is 2. The van der Waals surface area contributed by atoms with Crippen LogP contribution in [0.5, 0.6) is 0 Å². The SMILES string of the molecule is CCOCCCN(CC(=O)N(Cc1ccccc1)Cc1cccn1Cc1ccc(F)cc1)C(=O)c1ccc(Br)cc1. The minimum atomic E-state index is -0.274. The highest BCUT2D eigenvalue weighted by Gasteiger charge is 2.23. The zero-order valence-corrected chi connectivity index (χ0v) is 24.8. The first-order chi connectivity index (χ1) is 19.9. The average molecular weight is 621 g/mol. The highest BCUT2D eigenvalue weighted by atomic mass is 79.9. The summed E-state index contributed by atoms with van der Waals surface area (Å²) < 4.78 is 21.9. The molecule has 0 bridgehead atoms. The molecule has 0 unspecified atom stereocenters. The lowest BCUT2D eigenvalue weighted by Gasteiger charge is -2.28. The first kappa shape index (κ1) is 30.2. The number of hydrogen-bond donors (Lipinski definition) is 0. The largest absolute Gasteiger partial charge is 0.382 e. The maximum Gasteiger partial charge on any atom is 0.254 e. The van der Waals surface area contributed by atoms with Crippen molar-refractivity contribution in [2.75, 3.05) is 26.3 Å². The van der Waals surface area contributed by atoms with E-state index in [-0.39, 0.29) is 24.2 Å². The quantitative estimate of drug-likeness (QED) is 0.151. The van der Waals surface area contributed by atoms with E-state index in [0.717, 1.165) is 21.3 Å². The van der Waals surface area contributed by atoms with Gasteiger partial charge in [0.15, 0.2) is 0 Å². The number of hydrogen-bond acceptors (Lipinski definition) is 3. The van der Waals surface area contributed by atoms with Gasteiger partial charge in [0.2, 0.25) is 5.91 Å². The third-order valence-electron chi connectivity index (χ3n) is 6.74. The summed E-state index contributed by atoms with van der Waals surface area (Å²) in [5.74, 6) is -0.614. The highest BCUT2D eigenvalue weighted by Crippen LogP contribution is 2.17. The van der Waals surface area contributed by atoms with Gasteiger partial charge in [0.1, 0.15) is 12.4 Å². The van der Waals surface area contributed by atoms with Crippen molar-refractivity contribution in [3.63, 3.8) is 0 Å². The summed E-state index contributed by atoms with van der Waals surface area (Å²) in [6.07, 6.45) is 2.59. The molecule has 0 radical (unpaired) electrons. The van der Waals surface area contributed by atoms with Crippen LogP contribution in [0.2, 0.25) is 0 Å². The van der Waals surface area contributed by atoms with Gasteiger partial charge in [-0.05, 0) is 73.0 Å². The summed E-state index contributed by atoms with van der Waals surface area (Å²) in [4.78, 5) is 30.8. The Labute approximate surface area is 249 Å². The Morgan fingerprint density at radius 2 is 1.59 bits per heavy atom. The van der Waals surface area contributed by atoms with Crippen molar-refractivity contribution < 1.29 is 18.7 Å². The number of carbonyl (C=O) groups excluding carboxylic acids is 2. The van der Waals surface area contributed by atoms with Crippen molar-refractivity contribution in [1.82, 2.24) is 14.4 Å². The Morgan fingerprint density at radius 3 is 2.29 bits per heavy atom. The Morgan fingerprint density at radius 1 is 0.854 bits per heavy atom. The average Bonchev–Trinajstić information content (AvgIpc) is 3.42. The van der Waals surface area contributed by atoms with E-state index in [0.29, 0.717) is 51.4 Å². The van der Waals surface area contributed by atoms with Gasteiger partial charge in [-0.3, -0.25) is 9.59 Å². The second-order valence-corrected chi connectivity index (χ2v) is 10.7.